The summed E-state index contributed by atoms with van der Waals surface area (Å²) < 4.78 is 5.54. The first-order valence-electron chi connectivity index (χ1n) is 10.1. The fourth-order valence-corrected chi connectivity index (χ4v) is 4.03. The lowest BCUT2D eigenvalue weighted by molar-refractivity contribution is -0.144. The monoisotopic (exact) mass is 373 g/mol. The molecule has 0 aromatic heterocycles. The quantitative estimate of drug-likeness (QED) is 0.765. The largest absolute Gasteiger partial charge is 0.368 e. The smallest absolute Gasteiger partial charge is 0.251 e. The summed E-state index contributed by atoms with van der Waals surface area (Å²) in [5, 5.41) is 0. The van der Waals surface area contributed by atoms with E-state index in [2.05, 4.69) is 4.90 Å². The van der Waals surface area contributed by atoms with E-state index in [9.17, 15) is 9.59 Å². The molecule has 2 aliphatic rings. The van der Waals surface area contributed by atoms with Gasteiger partial charge in [0.1, 0.15) is 12.1 Å². The van der Waals surface area contributed by atoms with E-state index in [1.165, 1.54) is 0 Å². The van der Waals surface area contributed by atoms with Gasteiger partial charge in [-0.25, -0.2) is 0 Å². The minimum absolute atomic E-state index is 0.110. The van der Waals surface area contributed by atoms with Crippen molar-refractivity contribution in [2.24, 2.45) is 0 Å². The number of likely N-dealkylation sites (N-methyl/N-ethyl adjacent to an activating group) is 1. The molecule has 0 radical (unpaired) electrons. The molecule has 2 aliphatic heterocycles. The van der Waals surface area contributed by atoms with E-state index in [0.717, 1.165) is 18.4 Å². The first-order valence-corrected chi connectivity index (χ1v) is 10.1. The molecule has 0 bridgehead atoms. The van der Waals surface area contributed by atoms with Crippen LogP contribution in [0.15, 0.2) is 30.3 Å². The third kappa shape index (κ3) is 4.50. The Bertz CT molecular complexity index is 619. The maximum atomic E-state index is 13.2. The van der Waals surface area contributed by atoms with E-state index in [4.69, 9.17) is 4.74 Å². The molecule has 27 heavy (non-hydrogen) atoms. The highest BCUT2D eigenvalue weighted by Gasteiger charge is 2.35. The van der Waals surface area contributed by atoms with E-state index in [1.807, 2.05) is 54.0 Å². The molecular weight excluding hydrogens is 342 g/mol. The Morgan fingerprint density at radius 2 is 1.78 bits per heavy atom. The molecule has 2 fully saturated rings. The summed E-state index contributed by atoms with van der Waals surface area (Å²) in [6.45, 7) is 8.82. The molecular formula is C21H31N3O3. The van der Waals surface area contributed by atoms with Crippen LogP contribution in [-0.4, -0.2) is 78.5 Å². The molecule has 6 heteroatoms. The molecule has 2 saturated heterocycles. The van der Waals surface area contributed by atoms with Gasteiger partial charge in [0.15, 0.2) is 0 Å². The predicted octanol–water partition coefficient (Wildman–Crippen LogP) is 1.92. The van der Waals surface area contributed by atoms with E-state index < -0.39 is 0 Å². The van der Waals surface area contributed by atoms with Gasteiger partial charge in [-0.3, -0.25) is 14.5 Å². The minimum Gasteiger partial charge on any atom is -0.368 e. The lowest BCUT2D eigenvalue weighted by Crippen LogP contribution is -2.54. The maximum absolute atomic E-state index is 13.2. The van der Waals surface area contributed by atoms with E-state index >= 15 is 0 Å². The zero-order valence-electron chi connectivity index (χ0n) is 16.5. The van der Waals surface area contributed by atoms with Crippen molar-refractivity contribution in [3.63, 3.8) is 0 Å². The van der Waals surface area contributed by atoms with Gasteiger partial charge in [-0.05, 0) is 32.3 Å². The Morgan fingerprint density at radius 1 is 1.11 bits per heavy atom. The summed E-state index contributed by atoms with van der Waals surface area (Å²) >= 11 is 0. The van der Waals surface area contributed by atoms with Gasteiger partial charge in [0.05, 0.1) is 0 Å². The molecule has 0 aliphatic carbocycles. The second kappa shape index (κ2) is 9.33. The fraction of sp³-hybridized carbons (Fsp3) is 0.619. The Kier molecular flexibility index (Phi) is 6.85. The predicted molar refractivity (Wildman–Crippen MR) is 104 cm³/mol. The van der Waals surface area contributed by atoms with Gasteiger partial charge in [-0.1, -0.05) is 30.3 Å². The summed E-state index contributed by atoms with van der Waals surface area (Å²) in [6, 6.07) is 9.70. The van der Waals surface area contributed by atoms with E-state index in [-0.39, 0.29) is 24.0 Å². The van der Waals surface area contributed by atoms with Gasteiger partial charge in [0.2, 0.25) is 5.91 Å². The highest BCUT2D eigenvalue weighted by molar-refractivity contribution is 5.83. The van der Waals surface area contributed by atoms with Gasteiger partial charge in [-0.2, -0.15) is 0 Å². The van der Waals surface area contributed by atoms with Crippen LogP contribution >= 0.6 is 0 Å². The molecule has 2 heterocycles. The number of hydrogen-bond donors (Lipinski definition) is 0. The average Bonchev–Trinajstić information content (AvgIpc) is 3.25. The molecule has 1 aromatic rings. The molecule has 1 aromatic carbocycles. The third-order valence-electron chi connectivity index (χ3n) is 5.62. The Labute approximate surface area is 162 Å². The maximum Gasteiger partial charge on any atom is 0.251 e. The summed E-state index contributed by atoms with van der Waals surface area (Å²) in [6.07, 6.45) is 1.52. The summed E-state index contributed by atoms with van der Waals surface area (Å²) in [4.78, 5) is 31.8. The molecule has 3 rings (SSSR count). The van der Waals surface area contributed by atoms with Gasteiger partial charge >= 0.3 is 0 Å². The molecule has 148 valence electrons. The number of nitrogens with zero attached hydrogens (tertiary/aromatic N) is 3. The van der Waals surface area contributed by atoms with Crippen molar-refractivity contribution in [3.8, 4) is 0 Å². The molecule has 2 amide bonds. The fourth-order valence-electron chi connectivity index (χ4n) is 4.03. The highest BCUT2D eigenvalue weighted by atomic mass is 16.5. The first-order chi connectivity index (χ1) is 13.2. The average molecular weight is 373 g/mol. The van der Waals surface area contributed by atoms with Crippen LogP contribution < -0.4 is 0 Å². The van der Waals surface area contributed by atoms with Crippen LogP contribution in [0.4, 0.5) is 0 Å². The molecule has 0 saturated carbocycles. The van der Waals surface area contributed by atoms with Crippen molar-refractivity contribution in [1.82, 2.24) is 14.7 Å². The third-order valence-corrected chi connectivity index (χ3v) is 5.62. The Hall–Kier alpha value is -1.92. The topological polar surface area (TPSA) is 53.1 Å². The minimum atomic E-state index is -0.286. The summed E-state index contributed by atoms with van der Waals surface area (Å²) in [5.41, 5.74) is 1.02. The SMILES string of the molecule is CCN(CC)C(=O)C(c1ccccc1)N1CCN(C(=O)C2CCCO2)CC1. The highest BCUT2D eigenvalue weighted by Crippen LogP contribution is 2.25. The number of rotatable bonds is 6. The van der Waals surface area contributed by atoms with E-state index in [0.29, 0.717) is 45.9 Å². The van der Waals surface area contributed by atoms with Gasteiger partial charge in [0, 0.05) is 45.9 Å². The first kappa shape index (κ1) is 19.8. The molecule has 0 N–H and O–H groups in total. The number of amides is 2. The number of ether oxygens (including phenoxy) is 1. The summed E-state index contributed by atoms with van der Waals surface area (Å²) in [5.74, 6) is 0.253. The zero-order chi connectivity index (χ0) is 19.2. The number of benzene rings is 1. The van der Waals surface area contributed by atoms with Crippen LogP contribution in [-0.2, 0) is 14.3 Å². The Morgan fingerprint density at radius 3 is 2.33 bits per heavy atom. The summed E-state index contributed by atoms with van der Waals surface area (Å²) in [7, 11) is 0. The van der Waals surface area contributed by atoms with Crippen LogP contribution in [0.25, 0.3) is 0 Å². The zero-order valence-corrected chi connectivity index (χ0v) is 16.5. The van der Waals surface area contributed by atoms with Crippen LogP contribution in [0.3, 0.4) is 0 Å². The number of carbonyl (C=O) groups excluding carboxylic acids is 2. The van der Waals surface area contributed by atoms with Gasteiger partial charge in [0.25, 0.3) is 5.91 Å². The van der Waals surface area contributed by atoms with Crippen LogP contribution in [0.5, 0.6) is 0 Å². The van der Waals surface area contributed by atoms with Crippen LogP contribution in [0.1, 0.15) is 38.3 Å². The number of carbonyl (C=O) groups is 2. The lowest BCUT2D eigenvalue weighted by atomic mass is 10.0. The van der Waals surface area contributed by atoms with Crippen molar-refractivity contribution in [2.45, 2.75) is 38.8 Å². The Balaban J connectivity index is 1.70. The number of piperazine rings is 1. The van der Waals surface area contributed by atoms with Crippen molar-refractivity contribution in [2.75, 3.05) is 45.9 Å². The second-order valence-electron chi connectivity index (χ2n) is 7.19. The van der Waals surface area contributed by atoms with Crippen molar-refractivity contribution >= 4 is 11.8 Å². The normalized spacial score (nSPS) is 21.9. The van der Waals surface area contributed by atoms with Crippen molar-refractivity contribution in [3.05, 3.63) is 35.9 Å². The van der Waals surface area contributed by atoms with E-state index in [1.54, 1.807) is 0 Å². The van der Waals surface area contributed by atoms with Crippen LogP contribution in [0, 0.1) is 0 Å². The molecule has 2 unspecified atom stereocenters. The van der Waals surface area contributed by atoms with Gasteiger partial charge < -0.3 is 14.5 Å². The molecule has 2 atom stereocenters. The van der Waals surface area contributed by atoms with Crippen molar-refractivity contribution in [1.29, 1.82) is 0 Å². The molecule has 0 spiro atoms. The standard InChI is InChI=1S/C21H31N3O3/c1-3-22(4-2)21(26)19(17-9-6-5-7-10-17)23-12-14-24(15-13-23)20(25)18-11-8-16-27-18/h5-7,9-10,18-19H,3-4,8,11-16H2,1-2H3. The lowest BCUT2D eigenvalue weighted by Gasteiger charge is -2.40. The second-order valence-corrected chi connectivity index (χ2v) is 7.19. The molecule has 6 nitrogen and oxygen atoms in total. The number of hydrogen-bond acceptors (Lipinski definition) is 4. The van der Waals surface area contributed by atoms with Crippen LogP contribution in [0.2, 0.25) is 0 Å². The van der Waals surface area contributed by atoms with Gasteiger partial charge in [-0.15, -0.1) is 0 Å². The van der Waals surface area contributed by atoms with Crippen molar-refractivity contribution < 1.29 is 14.3 Å².